The lowest BCUT2D eigenvalue weighted by Gasteiger charge is -2.24. The van der Waals surface area contributed by atoms with E-state index in [0.717, 1.165) is 17.3 Å². The molecule has 1 amide bonds. The molecule has 0 radical (unpaired) electrons. The van der Waals surface area contributed by atoms with Crippen LogP contribution in [0.25, 0.3) is 0 Å². The molecule has 0 bridgehead atoms. The molecule has 2 rings (SSSR count). The van der Waals surface area contributed by atoms with Gasteiger partial charge in [-0.15, -0.1) is 0 Å². The highest BCUT2D eigenvalue weighted by molar-refractivity contribution is 8.03. The van der Waals surface area contributed by atoms with Crippen molar-refractivity contribution in [3.63, 3.8) is 0 Å². The fraction of sp³-hybridized carbons (Fsp3) is 0.308. The predicted molar refractivity (Wildman–Crippen MR) is 76.9 cm³/mol. The van der Waals surface area contributed by atoms with Crippen LogP contribution in [0.3, 0.4) is 0 Å². The molecular weight excluding hydrogens is 296 g/mol. The van der Waals surface area contributed by atoms with Crippen LogP contribution in [0.5, 0.6) is 0 Å². The van der Waals surface area contributed by atoms with E-state index in [1.54, 1.807) is 0 Å². The van der Waals surface area contributed by atoms with Gasteiger partial charge in [0.1, 0.15) is 0 Å². The van der Waals surface area contributed by atoms with E-state index in [0.29, 0.717) is 10.6 Å². The van der Waals surface area contributed by atoms with Gasteiger partial charge >= 0.3 is 5.97 Å². The number of hydrogen-bond acceptors (Lipinski definition) is 6. The number of methoxy groups -OCH3 is 1. The van der Waals surface area contributed by atoms with Crippen LogP contribution in [0.1, 0.15) is 17.9 Å². The first kappa shape index (κ1) is 14.6. The number of thioether (sulfide) groups is 1. The number of nitrogens with one attached hydrogen (secondary N) is 1. The van der Waals surface area contributed by atoms with Crippen molar-refractivity contribution in [3.05, 3.63) is 33.0 Å². The third kappa shape index (κ3) is 3.21. The number of ether oxygens (including phenoxy) is 1. The van der Waals surface area contributed by atoms with Crippen LogP contribution in [0.4, 0.5) is 0 Å². The molecule has 0 saturated carbocycles. The van der Waals surface area contributed by atoms with E-state index in [-0.39, 0.29) is 24.0 Å². The van der Waals surface area contributed by atoms with Crippen LogP contribution in [-0.4, -0.2) is 24.7 Å². The van der Waals surface area contributed by atoms with Gasteiger partial charge in [0.15, 0.2) is 0 Å². The van der Waals surface area contributed by atoms with Crippen LogP contribution in [-0.2, 0) is 14.3 Å². The minimum atomic E-state index is -0.397. The van der Waals surface area contributed by atoms with Crippen LogP contribution in [0, 0.1) is 11.3 Å². The minimum absolute atomic E-state index is 0.0631. The van der Waals surface area contributed by atoms with Gasteiger partial charge in [0.25, 0.3) is 0 Å². The zero-order valence-corrected chi connectivity index (χ0v) is 12.3. The molecule has 1 aromatic rings. The van der Waals surface area contributed by atoms with Gasteiger partial charge in [-0.2, -0.15) is 16.6 Å². The number of esters is 1. The van der Waals surface area contributed by atoms with Crippen LogP contribution >= 0.6 is 23.1 Å². The van der Waals surface area contributed by atoms with Crippen molar-refractivity contribution in [2.75, 3.05) is 12.9 Å². The van der Waals surface area contributed by atoms with E-state index in [1.165, 1.54) is 18.4 Å². The third-order valence-electron chi connectivity index (χ3n) is 2.86. The molecule has 0 spiro atoms. The molecule has 20 heavy (non-hydrogen) atoms. The molecule has 0 unspecified atom stereocenters. The number of amides is 1. The number of nitriles is 1. The highest BCUT2D eigenvalue weighted by Gasteiger charge is 2.30. The molecule has 0 aromatic carbocycles. The molecule has 2 heterocycles. The summed E-state index contributed by atoms with van der Waals surface area (Å²) in [4.78, 5) is 23.0. The zero-order valence-electron chi connectivity index (χ0n) is 10.7. The Balaban J connectivity index is 2.27. The fourth-order valence-electron chi connectivity index (χ4n) is 1.88. The van der Waals surface area contributed by atoms with E-state index in [1.807, 2.05) is 16.8 Å². The molecule has 1 N–H and O–H groups in total. The van der Waals surface area contributed by atoms with Crippen LogP contribution in [0.2, 0.25) is 0 Å². The average Bonchev–Trinajstić information content (AvgIpc) is 2.98. The van der Waals surface area contributed by atoms with Crippen molar-refractivity contribution in [2.24, 2.45) is 0 Å². The summed E-state index contributed by atoms with van der Waals surface area (Å²) in [7, 11) is 1.30. The normalized spacial score (nSPS) is 18.4. The van der Waals surface area contributed by atoms with E-state index < -0.39 is 5.97 Å². The maximum atomic E-state index is 11.8. The Morgan fingerprint density at radius 3 is 3.10 bits per heavy atom. The van der Waals surface area contributed by atoms with Gasteiger partial charge < -0.3 is 10.1 Å². The van der Waals surface area contributed by atoms with Crippen molar-refractivity contribution >= 4 is 35.0 Å². The number of carbonyl (C=O) groups excluding carboxylic acids is 2. The molecule has 104 valence electrons. The van der Waals surface area contributed by atoms with E-state index in [4.69, 9.17) is 0 Å². The summed E-state index contributed by atoms with van der Waals surface area (Å²) >= 11 is 2.65. The molecule has 1 aliphatic heterocycles. The second-order valence-corrected chi connectivity index (χ2v) is 5.85. The van der Waals surface area contributed by atoms with Crippen molar-refractivity contribution in [1.29, 1.82) is 5.26 Å². The second-order valence-electron chi connectivity index (χ2n) is 4.08. The van der Waals surface area contributed by atoms with E-state index >= 15 is 0 Å². The first-order chi connectivity index (χ1) is 9.65. The number of carbonyl (C=O) groups is 2. The average molecular weight is 308 g/mol. The Kier molecular flexibility index (Phi) is 4.82. The number of nitrogens with zero attached hydrogens (tertiary/aromatic N) is 1. The van der Waals surface area contributed by atoms with Gasteiger partial charge in [0.05, 0.1) is 29.5 Å². The lowest BCUT2D eigenvalue weighted by molar-refractivity contribution is -0.137. The smallest absolute Gasteiger partial charge is 0.316 e. The lowest BCUT2D eigenvalue weighted by Crippen LogP contribution is -2.31. The highest BCUT2D eigenvalue weighted by atomic mass is 32.2. The SMILES string of the molecule is COC(=O)CSC1=C(C#N)[C@H](c2ccsc2)CC(=O)N1. The Morgan fingerprint density at radius 1 is 1.70 bits per heavy atom. The summed E-state index contributed by atoms with van der Waals surface area (Å²) in [5, 5.41) is 16.3. The standard InChI is InChI=1S/C13H12N2O3S2/c1-18-12(17)7-20-13-10(5-14)9(4-11(16)15-13)8-2-3-19-6-8/h2-3,6,9H,4,7H2,1H3,(H,15,16)/t9-/m0/s1. The van der Waals surface area contributed by atoms with Crippen LogP contribution < -0.4 is 5.32 Å². The van der Waals surface area contributed by atoms with Crippen molar-refractivity contribution in [2.45, 2.75) is 12.3 Å². The van der Waals surface area contributed by atoms with E-state index in [9.17, 15) is 14.9 Å². The highest BCUT2D eigenvalue weighted by Crippen LogP contribution is 2.36. The quantitative estimate of drug-likeness (QED) is 0.861. The Bertz CT molecular complexity index is 587. The monoisotopic (exact) mass is 308 g/mol. The van der Waals surface area contributed by atoms with E-state index in [2.05, 4.69) is 16.1 Å². The maximum absolute atomic E-state index is 11.8. The second kappa shape index (κ2) is 6.59. The Labute approximate surface area is 124 Å². The topological polar surface area (TPSA) is 79.2 Å². The Morgan fingerprint density at radius 2 is 2.50 bits per heavy atom. The summed E-state index contributed by atoms with van der Waals surface area (Å²) in [5.41, 5.74) is 1.45. The lowest BCUT2D eigenvalue weighted by atomic mass is 9.89. The number of thiophene rings is 1. The zero-order chi connectivity index (χ0) is 14.5. The summed E-state index contributed by atoms with van der Waals surface area (Å²) in [6.07, 6.45) is 0.252. The summed E-state index contributed by atoms with van der Waals surface area (Å²) in [5.74, 6) is -0.715. The first-order valence-corrected chi connectivity index (χ1v) is 7.74. The largest absolute Gasteiger partial charge is 0.468 e. The van der Waals surface area contributed by atoms with Gasteiger partial charge in [-0.3, -0.25) is 9.59 Å². The van der Waals surface area contributed by atoms with Crippen molar-refractivity contribution in [1.82, 2.24) is 5.32 Å². The van der Waals surface area contributed by atoms with Gasteiger partial charge in [-0.1, -0.05) is 11.8 Å². The van der Waals surface area contributed by atoms with Crippen LogP contribution in [0.15, 0.2) is 27.4 Å². The molecule has 7 heteroatoms. The number of allylic oxidation sites excluding steroid dienone is 1. The molecular formula is C13H12N2O3S2. The molecule has 1 aromatic heterocycles. The molecule has 1 atom stereocenters. The molecule has 0 aliphatic carbocycles. The number of hydrogen-bond donors (Lipinski definition) is 1. The molecule has 5 nitrogen and oxygen atoms in total. The summed E-state index contributed by atoms with van der Waals surface area (Å²) in [6.45, 7) is 0. The fourth-order valence-corrected chi connectivity index (χ4v) is 3.50. The van der Waals surface area contributed by atoms with Gasteiger partial charge in [-0.25, -0.2) is 0 Å². The minimum Gasteiger partial charge on any atom is -0.468 e. The van der Waals surface area contributed by atoms with Gasteiger partial charge in [0, 0.05) is 12.3 Å². The van der Waals surface area contributed by atoms with Crippen molar-refractivity contribution < 1.29 is 14.3 Å². The number of rotatable bonds is 4. The van der Waals surface area contributed by atoms with Gasteiger partial charge in [-0.05, 0) is 22.4 Å². The Hall–Kier alpha value is -1.78. The molecule has 0 saturated heterocycles. The molecule has 0 fully saturated rings. The van der Waals surface area contributed by atoms with Crippen molar-refractivity contribution in [3.8, 4) is 6.07 Å². The summed E-state index contributed by atoms with van der Waals surface area (Å²) < 4.78 is 4.56. The predicted octanol–water partition coefficient (Wildman–Crippen LogP) is 1.99. The molecule has 1 aliphatic rings. The summed E-state index contributed by atoms with van der Waals surface area (Å²) in [6, 6.07) is 4.06. The third-order valence-corrected chi connectivity index (χ3v) is 4.56. The first-order valence-electron chi connectivity index (χ1n) is 5.81. The van der Waals surface area contributed by atoms with Gasteiger partial charge in [0.2, 0.25) is 5.91 Å². The maximum Gasteiger partial charge on any atom is 0.316 e.